The fourth-order valence-corrected chi connectivity index (χ4v) is 2.20. The summed E-state index contributed by atoms with van der Waals surface area (Å²) in [5, 5.41) is 0. The number of anilines is 1. The lowest BCUT2D eigenvalue weighted by atomic mass is 10.2. The first-order chi connectivity index (χ1) is 9.06. The first-order valence-corrected chi connectivity index (χ1v) is 5.76. The lowest BCUT2D eigenvalue weighted by molar-refractivity contribution is 0.625. The van der Waals surface area contributed by atoms with Gasteiger partial charge in [-0.05, 0) is 42.8 Å². The van der Waals surface area contributed by atoms with Gasteiger partial charge in [-0.1, -0.05) is 6.07 Å². The summed E-state index contributed by atoms with van der Waals surface area (Å²) >= 11 is 0. The second kappa shape index (κ2) is 4.05. The monoisotopic (exact) mass is 259 g/mol. The van der Waals surface area contributed by atoms with E-state index in [1.54, 1.807) is 25.1 Å². The highest BCUT2D eigenvalue weighted by molar-refractivity contribution is 5.81. The molecular weight excluding hydrogens is 248 g/mol. The van der Waals surface area contributed by atoms with E-state index in [1.807, 2.05) is 0 Å². The summed E-state index contributed by atoms with van der Waals surface area (Å²) in [6.45, 7) is 1.78. The average molecular weight is 259 g/mol. The summed E-state index contributed by atoms with van der Waals surface area (Å²) in [6, 6.07) is 9.11. The maximum absolute atomic E-state index is 13.6. The van der Waals surface area contributed by atoms with Gasteiger partial charge in [-0.2, -0.15) is 0 Å². The molecular formula is C14H11F2N3. The second-order valence-electron chi connectivity index (χ2n) is 4.40. The van der Waals surface area contributed by atoms with Gasteiger partial charge in [0.25, 0.3) is 0 Å². The van der Waals surface area contributed by atoms with Crippen molar-refractivity contribution in [3.05, 3.63) is 53.6 Å². The number of hydrogen-bond acceptors (Lipinski definition) is 2. The topological polar surface area (TPSA) is 43.8 Å². The highest BCUT2D eigenvalue weighted by Gasteiger charge is 2.13. The lowest BCUT2D eigenvalue weighted by Crippen LogP contribution is -2.01. The Bertz CT molecular complexity index is 757. The molecule has 0 spiro atoms. The number of imidazole rings is 1. The minimum atomic E-state index is -0.448. The number of rotatable bonds is 1. The molecule has 3 rings (SSSR count). The summed E-state index contributed by atoms with van der Waals surface area (Å²) in [5.41, 5.74) is 7.80. The van der Waals surface area contributed by atoms with Crippen molar-refractivity contribution in [3.8, 4) is 5.69 Å². The molecule has 0 aliphatic rings. The molecule has 3 aromatic rings. The van der Waals surface area contributed by atoms with Crippen molar-refractivity contribution in [3.63, 3.8) is 0 Å². The number of fused-ring (bicyclic) bond motifs is 1. The molecule has 0 aliphatic heterocycles. The van der Waals surface area contributed by atoms with Gasteiger partial charge in [0.1, 0.15) is 11.3 Å². The molecule has 0 amide bonds. The fourth-order valence-electron chi connectivity index (χ4n) is 2.20. The quantitative estimate of drug-likeness (QED) is 0.729. The van der Waals surface area contributed by atoms with Crippen LogP contribution in [-0.2, 0) is 0 Å². The largest absolute Gasteiger partial charge is 0.369 e. The third-order valence-electron chi connectivity index (χ3n) is 2.95. The molecule has 0 atom stereocenters. The average Bonchev–Trinajstić information content (AvgIpc) is 2.65. The molecule has 0 saturated heterocycles. The fraction of sp³-hybridized carbons (Fsp3) is 0.0714. The molecule has 0 aliphatic carbocycles. The maximum Gasteiger partial charge on any atom is 0.206 e. The Balaban J connectivity index is 2.36. The SMILES string of the molecule is Cc1cc(F)cc(-n2c(N)nc3c(F)cccc32)c1. The van der Waals surface area contributed by atoms with Gasteiger partial charge in [0.05, 0.1) is 11.2 Å². The molecule has 0 unspecified atom stereocenters. The van der Waals surface area contributed by atoms with Gasteiger partial charge < -0.3 is 5.73 Å². The van der Waals surface area contributed by atoms with Gasteiger partial charge in [-0.3, -0.25) is 4.57 Å². The molecule has 0 fully saturated rings. The van der Waals surface area contributed by atoms with Gasteiger partial charge in [-0.15, -0.1) is 0 Å². The van der Waals surface area contributed by atoms with Crippen molar-refractivity contribution >= 4 is 17.0 Å². The van der Waals surface area contributed by atoms with Crippen LogP contribution in [0, 0.1) is 18.6 Å². The number of nitrogens with two attached hydrogens (primary N) is 1. The first kappa shape index (κ1) is 11.6. The van der Waals surface area contributed by atoms with Gasteiger partial charge in [0, 0.05) is 0 Å². The molecule has 2 N–H and O–H groups in total. The van der Waals surface area contributed by atoms with E-state index >= 15 is 0 Å². The third kappa shape index (κ3) is 1.83. The number of benzene rings is 2. The predicted octanol–water partition coefficient (Wildman–Crippen LogP) is 3.19. The highest BCUT2D eigenvalue weighted by atomic mass is 19.1. The van der Waals surface area contributed by atoms with E-state index in [9.17, 15) is 8.78 Å². The standard InChI is InChI=1S/C14H11F2N3/c1-8-5-9(15)7-10(6-8)19-12-4-2-3-11(16)13(12)18-14(19)17/h2-7H,1H3,(H2,17,18). The summed E-state index contributed by atoms with van der Waals surface area (Å²) in [6.07, 6.45) is 0. The van der Waals surface area contributed by atoms with Crippen LogP contribution in [0.2, 0.25) is 0 Å². The molecule has 96 valence electrons. The summed E-state index contributed by atoms with van der Waals surface area (Å²) in [4.78, 5) is 3.99. The van der Waals surface area contributed by atoms with Crippen molar-refractivity contribution in [1.82, 2.24) is 9.55 Å². The molecule has 0 saturated carbocycles. The zero-order chi connectivity index (χ0) is 13.6. The Morgan fingerprint density at radius 3 is 2.68 bits per heavy atom. The number of nitrogens with zero attached hydrogens (tertiary/aromatic N) is 2. The lowest BCUT2D eigenvalue weighted by Gasteiger charge is -2.07. The Labute approximate surface area is 108 Å². The van der Waals surface area contributed by atoms with Crippen LogP contribution in [-0.4, -0.2) is 9.55 Å². The van der Waals surface area contributed by atoms with E-state index in [4.69, 9.17) is 5.73 Å². The van der Waals surface area contributed by atoms with E-state index in [2.05, 4.69) is 4.98 Å². The number of aromatic nitrogens is 2. The molecule has 2 aromatic carbocycles. The van der Waals surface area contributed by atoms with Crippen LogP contribution >= 0.6 is 0 Å². The zero-order valence-corrected chi connectivity index (χ0v) is 10.2. The Kier molecular flexibility index (Phi) is 2.48. The molecule has 1 heterocycles. The third-order valence-corrected chi connectivity index (χ3v) is 2.95. The van der Waals surface area contributed by atoms with Crippen molar-refractivity contribution in [2.24, 2.45) is 0 Å². The molecule has 0 bridgehead atoms. The minimum absolute atomic E-state index is 0.130. The van der Waals surface area contributed by atoms with E-state index in [1.165, 1.54) is 22.8 Å². The predicted molar refractivity (Wildman–Crippen MR) is 70.1 cm³/mol. The Morgan fingerprint density at radius 2 is 1.95 bits per heavy atom. The normalized spacial score (nSPS) is 11.1. The van der Waals surface area contributed by atoms with Crippen LogP contribution in [0.4, 0.5) is 14.7 Å². The molecule has 19 heavy (non-hydrogen) atoms. The zero-order valence-electron chi connectivity index (χ0n) is 10.2. The van der Waals surface area contributed by atoms with Crippen molar-refractivity contribution < 1.29 is 8.78 Å². The maximum atomic E-state index is 13.6. The first-order valence-electron chi connectivity index (χ1n) is 5.76. The van der Waals surface area contributed by atoms with Crippen LogP contribution in [0.5, 0.6) is 0 Å². The number of para-hydroxylation sites is 1. The summed E-state index contributed by atoms with van der Waals surface area (Å²) in [7, 11) is 0. The van der Waals surface area contributed by atoms with Crippen LogP contribution in [0.15, 0.2) is 36.4 Å². The summed E-state index contributed by atoms with van der Waals surface area (Å²) in [5.74, 6) is -0.686. The Morgan fingerprint density at radius 1 is 1.16 bits per heavy atom. The number of halogens is 2. The van der Waals surface area contributed by atoms with Crippen LogP contribution < -0.4 is 5.73 Å². The Hall–Kier alpha value is -2.43. The molecule has 3 nitrogen and oxygen atoms in total. The van der Waals surface area contributed by atoms with Gasteiger partial charge in [0.2, 0.25) is 5.95 Å². The van der Waals surface area contributed by atoms with E-state index in [0.717, 1.165) is 5.56 Å². The number of nitrogen functional groups attached to an aromatic ring is 1. The van der Waals surface area contributed by atoms with Gasteiger partial charge in [-0.25, -0.2) is 13.8 Å². The van der Waals surface area contributed by atoms with Crippen molar-refractivity contribution in [1.29, 1.82) is 0 Å². The van der Waals surface area contributed by atoms with Crippen molar-refractivity contribution in [2.75, 3.05) is 5.73 Å². The van der Waals surface area contributed by atoms with E-state index in [0.29, 0.717) is 11.2 Å². The summed E-state index contributed by atoms with van der Waals surface area (Å²) < 4.78 is 28.7. The smallest absolute Gasteiger partial charge is 0.206 e. The number of hydrogen-bond donors (Lipinski definition) is 1. The van der Waals surface area contributed by atoms with E-state index < -0.39 is 5.82 Å². The van der Waals surface area contributed by atoms with Gasteiger partial charge in [0.15, 0.2) is 5.82 Å². The van der Waals surface area contributed by atoms with Crippen LogP contribution in [0.25, 0.3) is 16.7 Å². The van der Waals surface area contributed by atoms with Crippen molar-refractivity contribution in [2.45, 2.75) is 6.92 Å². The van der Waals surface area contributed by atoms with E-state index in [-0.39, 0.29) is 17.3 Å². The highest BCUT2D eigenvalue weighted by Crippen LogP contribution is 2.25. The van der Waals surface area contributed by atoms with Crippen LogP contribution in [0.1, 0.15) is 5.56 Å². The second-order valence-corrected chi connectivity index (χ2v) is 4.40. The molecule has 1 aromatic heterocycles. The number of aryl methyl sites for hydroxylation is 1. The minimum Gasteiger partial charge on any atom is -0.369 e. The van der Waals surface area contributed by atoms with Gasteiger partial charge >= 0.3 is 0 Å². The molecule has 5 heteroatoms. The molecule has 0 radical (unpaired) electrons. The van der Waals surface area contributed by atoms with Crippen LogP contribution in [0.3, 0.4) is 0 Å².